The van der Waals surface area contributed by atoms with E-state index in [9.17, 15) is 4.79 Å². The fraction of sp³-hybridized carbons (Fsp3) is 0.750. The molecule has 1 aromatic heterocycles. The number of amides is 1. The highest BCUT2D eigenvalue weighted by molar-refractivity contribution is 6.30. The van der Waals surface area contributed by atoms with Crippen LogP contribution in [0.2, 0.25) is 5.15 Å². The van der Waals surface area contributed by atoms with Crippen LogP contribution in [0.15, 0.2) is 0 Å². The molecule has 2 heterocycles. The summed E-state index contributed by atoms with van der Waals surface area (Å²) in [5.74, 6) is 0.738. The second-order valence-corrected chi connectivity index (χ2v) is 6.88. The van der Waals surface area contributed by atoms with Crippen LogP contribution < -0.4 is 0 Å². The van der Waals surface area contributed by atoms with Crippen LogP contribution in [0.5, 0.6) is 0 Å². The maximum absolute atomic E-state index is 12.7. The summed E-state index contributed by atoms with van der Waals surface area (Å²) in [6.45, 7) is 5.29. The van der Waals surface area contributed by atoms with E-state index in [2.05, 4.69) is 5.10 Å². The Morgan fingerprint density at radius 1 is 1.45 bits per heavy atom. The lowest BCUT2D eigenvalue weighted by Crippen LogP contribution is -2.39. The van der Waals surface area contributed by atoms with E-state index in [1.807, 2.05) is 25.8 Å². The first-order valence-corrected chi connectivity index (χ1v) is 8.48. The average Bonchev–Trinajstić information content (AvgIpc) is 3.14. The van der Waals surface area contributed by atoms with Crippen molar-refractivity contribution in [2.75, 3.05) is 13.2 Å². The van der Waals surface area contributed by atoms with Crippen LogP contribution in [-0.4, -0.2) is 39.8 Å². The molecule has 1 saturated heterocycles. The van der Waals surface area contributed by atoms with Gasteiger partial charge in [-0.25, -0.2) is 0 Å². The molecular weight excluding hydrogens is 302 g/mol. The molecule has 6 heteroatoms. The highest BCUT2D eigenvalue weighted by Gasteiger charge is 2.36. The summed E-state index contributed by atoms with van der Waals surface area (Å²) in [6.07, 6.45) is 4.02. The topological polar surface area (TPSA) is 47.4 Å². The van der Waals surface area contributed by atoms with Crippen LogP contribution in [0.3, 0.4) is 0 Å². The molecule has 0 aromatic carbocycles. The lowest BCUT2D eigenvalue weighted by Gasteiger charge is -2.27. The second kappa shape index (κ2) is 6.20. The standard InChI is InChI=1S/C16H24ClN3O2/c1-10-14(15(17)19(3)18-10)13-5-4-8-20(13)16(21)11(2)22-9-12-6-7-12/h11-13H,4-9H2,1-3H3/t11-,13+/m0/s1. The fourth-order valence-corrected chi connectivity index (χ4v) is 3.53. The highest BCUT2D eigenvalue weighted by Crippen LogP contribution is 2.38. The van der Waals surface area contributed by atoms with Crippen molar-refractivity contribution >= 4 is 17.5 Å². The average molecular weight is 326 g/mol. The van der Waals surface area contributed by atoms with Gasteiger partial charge in [0.15, 0.2) is 0 Å². The third kappa shape index (κ3) is 3.01. The van der Waals surface area contributed by atoms with Crippen molar-refractivity contribution in [2.45, 2.75) is 51.7 Å². The van der Waals surface area contributed by atoms with Crippen LogP contribution in [-0.2, 0) is 16.6 Å². The van der Waals surface area contributed by atoms with Gasteiger partial charge in [0, 0.05) is 19.2 Å². The highest BCUT2D eigenvalue weighted by atomic mass is 35.5. The fourth-order valence-electron chi connectivity index (χ4n) is 3.23. The smallest absolute Gasteiger partial charge is 0.251 e. The molecule has 3 rings (SSSR count). The Labute approximate surface area is 136 Å². The molecule has 1 aromatic rings. The van der Waals surface area contributed by atoms with Crippen molar-refractivity contribution < 1.29 is 9.53 Å². The van der Waals surface area contributed by atoms with Crippen molar-refractivity contribution in [1.29, 1.82) is 0 Å². The maximum atomic E-state index is 12.7. The summed E-state index contributed by atoms with van der Waals surface area (Å²) in [6, 6.07) is 0.0284. The minimum absolute atomic E-state index is 0.0284. The Hall–Kier alpha value is -1.07. The van der Waals surface area contributed by atoms with Crippen molar-refractivity contribution in [2.24, 2.45) is 13.0 Å². The van der Waals surface area contributed by atoms with E-state index in [4.69, 9.17) is 16.3 Å². The summed E-state index contributed by atoms with van der Waals surface area (Å²) in [7, 11) is 1.83. The molecule has 2 aliphatic rings. The number of nitrogens with zero attached hydrogens (tertiary/aromatic N) is 3. The number of hydrogen-bond acceptors (Lipinski definition) is 3. The van der Waals surface area contributed by atoms with E-state index in [-0.39, 0.29) is 18.1 Å². The first-order chi connectivity index (χ1) is 10.5. The van der Waals surface area contributed by atoms with Gasteiger partial charge in [-0.05, 0) is 45.4 Å². The SMILES string of the molecule is Cc1nn(C)c(Cl)c1[C@H]1CCCN1C(=O)[C@H](C)OCC1CC1. The first-order valence-electron chi connectivity index (χ1n) is 8.10. The molecule has 22 heavy (non-hydrogen) atoms. The van der Waals surface area contributed by atoms with Gasteiger partial charge in [-0.1, -0.05) is 11.6 Å². The zero-order valence-electron chi connectivity index (χ0n) is 13.5. The van der Waals surface area contributed by atoms with Crippen LogP contribution in [0.4, 0.5) is 0 Å². The van der Waals surface area contributed by atoms with E-state index in [1.54, 1.807) is 4.68 Å². The molecule has 0 bridgehead atoms. The minimum Gasteiger partial charge on any atom is -0.368 e. The Morgan fingerprint density at radius 3 is 2.77 bits per heavy atom. The summed E-state index contributed by atoms with van der Waals surface area (Å²) in [5, 5.41) is 5.01. The number of halogens is 1. The van der Waals surface area contributed by atoms with Crippen molar-refractivity contribution in [3.8, 4) is 0 Å². The number of carbonyl (C=O) groups excluding carboxylic acids is 1. The van der Waals surface area contributed by atoms with Gasteiger partial charge in [0.25, 0.3) is 5.91 Å². The van der Waals surface area contributed by atoms with E-state index in [0.29, 0.717) is 17.7 Å². The van der Waals surface area contributed by atoms with Crippen LogP contribution in [0.1, 0.15) is 49.9 Å². The monoisotopic (exact) mass is 325 g/mol. The van der Waals surface area contributed by atoms with Gasteiger partial charge in [-0.2, -0.15) is 5.10 Å². The normalized spacial score (nSPS) is 23.1. The Kier molecular flexibility index (Phi) is 4.46. The summed E-state index contributed by atoms with van der Waals surface area (Å²) in [4.78, 5) is 14.6. The van der Waals surface area contributed by atoms with Gasteiger partial charge in [0.1, 0.15) is 11.3 Å². The molecule has 1 amide bonds. The lowest BCUT2D eigenvalue weighted by atomic mass is 10.1. The van der Waals surface area contributed by atoms with Gasteiger partial charge in [-0.3, -0.25) is 9.48 Å². The molecule has 0 unspecified atom stereocenters. The molecule has 0 radical (unpaired) electrons. The third-order valence-electron chi connectivity index (χ3n) is 4.69. The number of aryl methyl sites for hydroxylation is 2. The van der Waals surface area contributed by atoms with Gasteiger partial charge < -0.3 is 9.64 Å². The van der Waals surface area contributed by atoms with E-state index >= 15 is 0 Å². The number of aromatic nitrogens is 2. The molecule has 0 spiro atoms. The summed E-state index contributed by atoms with van der Waals surface area (Å²) < 4.78 is 7.43. The van der Waals surface area contributed by atoms with E-state index in [1.165, 1.54) is 12.8 Å². The van der Waals surface area contributed by atoms with Gasteiger partial charge in [0.05, 0.1) is 18.3 Å². The van der Waals surface area contributed by atoms with Crippen molar-refractivity contribution in [3.63, 3.8) is 0 Å². The summed E-state index contributed by atoms with van der Waals surface area (Å²) in [5.41, 5.74) is 1.90. The molecule has 2 atom stereocenters. The Balaban J connectivity index is 1.72. The minimum atomic E-state index is -0.378. The van der Waals surface area contributed by atoms with Crippen LogP contribution in [0.25, 0.3) is 0 Å². The second-order valence-electron chi connectivity index (χ2n) is 6.52. The maximum Gasteiger partial charge on any atom is 0.251 e. The van der Waals surface area contributed by atoms with Crippen molar-refractivity contribution in [1.82, 2.24) is 14.7 Å². The van der Waals surface area contributed by atoms with Gasteiger partial charge in [0.2, 0.25) is 0 Å². The predicted molar refractivity (Wildman–Crippen MR) is 84.8 cm³/mol. The van der Waals surface area contributed by atoms with Crippen LogP contribution in [0, 0.1) is 12.8 Å². The molecule has 2 fully saturated rings. The number of hydrogen-bond donors (Lipinski definition) is 0. The predicted octanol–water partition coefficient (Wildman–Crippen LogP) is 2.86. The first kappa shape index (κ1) is 15.8. The molecule has 122 valence electrons. The van der Waals surface area contributed by atoms with Gasteiger partial charge >= 0.3 is 0 Å². The number of carbonyl (C=O) groups is 1. The van der Waals surface area contributed by atoms with Crippen LogP contribution >= 0.6 is 11.6 Å². The number of rotatable bonds is 5. The summed E-state index contributed by atoms with van der Waals surface area (Å²) >= 11 is 6.39. The molecule has 0 N–H and O–H groups in total. The molecular formula is C16H24ClN3O2. The van der Waals surface area contributed by atoms with Crippen molar-refractivity contribution in [3.05, 3.63) is 16.4 Å². The zero-order valence-corrected chi connectivity index (χ0v) is 14.3. The Bertz CT molecular complexity index is 568. The third-order valence-corrected chi connectivity index (χ3v) is 5.14. The zero-order chi connectivity index (χ0) is 15.9. The Morgan fingerprint density at radius 2 is 2.18 bits per heavy atom. The van der Waals surface area contributed by atoms with E-state index < -0.39 is 0 Å². The number of ether oxygens (including phenoxy) is 1. The molecule has 1 saturated carbocycles. The molecule has 5 nitrogen and oxygen atoms in total. The number of likely N-dealkylation sites (tertiary alicyclic amines) is 1. The quantitative estimate of drug-likeness (QED) is 0.836. The largest absolute Gasteiger partial charge is 0.368 e. The molecule has 1 aliphatic heterocycles. The van der Waals surface area contributed by atoms with Gasteiger partial charge in [-0.15, -0.1) is 0 Å². The lowest BCUT2D eigenvalue weighted by molar-refractivity contribution is -0.143. The molecule has 1 aliphatic carbocycles. The van der Waals surface area contributed by atoms with E-state index in [0.717, 1.165) is 30.6 Å².